The van der Waals surface area contributed by atoms with Crippen LogP contribution in [0.25, 0.3) is 0 Å². The van der Waals surface area contributed by atoms with E-state index in [4.69, 9.17) is 5.26 Å². The Kier molecular flexibility index (Phi) is 3.48. The van der Waals surface area contributed by atoms with E-state index in [0.717, 1.165) is 0 Å². The largest absolute Gasteiger partial charge is 0.330 e. The fourth-order valence-electron chi connectivity index (χ4n) is 0.552. The first-order valence-corrected chi connectivity index (χ1v) is 3.28. The molecule has 0 bridgehead atoms. The molecule has 0 saturated heterocycles. The molecule has 0 N–H and O–H groups in total. The van der Waals surface area contributed by atoms with Crippen LogP contribution in [-0.2, 0) is 4.79 Å². The molecule has 3 nitrogen and oxygen atoms in total. The first-order chi connectivity index (χ1) is 4.63. The number of hydrogen-bond donors (Lipinski definition) is 0. The monoisotopic (exact) mass is 140 g/mol. The van der Waals surface area contributed by atoms with Gasteiger partial charge in [0, 0.05) is 13.5 Å². The minimum atomic E-state index is -0.313. The van der Waals surface area contributed by atoms with Crippen LogP contribution in [0.1, 0.15) is 20.3 Å². The molecule has 0 aliphatic carbocycles. The summed E-state index contributed by atoms with van der Waals surface area (Å²) in [5, 5.41) is 8.41. The Morgan fingerprint density at radius 3 is 2.60 bits per heavy atom. The normalized spacial score (nSPS) is 11.8. The van der Waals surface area contributed by atoms with Crippen molar-refractivity contribution in [3.05, 3.63) is 0 Å². The van der Waals surface area contributed by atoms with Crippen molar-refractivity contribution in [2.45, 2.75) is 26.3 Å². The molecule has 0 heterocycles. The van der Waals surface area contributed by atoms with Crippen LogP contribution in [0.5, 0.6) is 0 Å². The molecule has 0 aromatic carbocycles. The second-order valence-corrected chi connectivity index (χ2v) is 2.16. The Bertz CT molecular complexity index is 159. The number of carbonyl (C=O) groups is 1. The number of amides is 1. The SMILES string of the molecule is CCC(=O)N(C)C(C)C#N. The van der Waals surface area contributed by atoms with E-state index in [1.165, 1.54) is 4.90 Å². The third-order valence-corrected chi connectivity index (χ3v) is 1.46. The predicted molar refractivity (Wildman–Crippen MR) is 38.1 cm³/mol. The quantitative estimate of drug-likeness (QED) is 0.568. The molecule has 1 amide bonds. The van der Waals surface area contributed by atoms with Gasteiger partial charge < -0.3 is 4.90 Å². The third kappa shape index (κ3) is 2.06. The number of carbonyl (C=O) groups excluding carboxylic acids is 1. The van der Waals surface area contributed by atoms with Crippen molar-refractivity contribution in [2.75, 3.05) is 7.05 Å². The van der Waals surface area contributed by atoms with Gasteiger partial charge in [-0.3, -0.25) is 4.79 Å². The van der Waals surface area contributed by atoms with E-state index in [0.29, 0.717) is 6.42 Å². The van der Waals surface area contributed by atoms with Gasteiger partial charge in [0.05, 0.1) is 6.07 Å². The summed E-state index contributed by atoms with van der Waals surface area (Å²) < 4.78 is 0. The van der Waals surface area contributed by atoms with Gasteiger partial charge in [-0.25, -0.2) is 0 Å². The van der Waals surface area contributed by atoms with Gasteiger partial charge in [0.15, 0.2) is 0 Å². The zero-order chi connectivity index (χ0) is 8.15. The fraction of sp³-hybridized carbons (Fsp3) is 0.714. The lowest BCUT2D eigenvalue weighted by atomic mass is 10.3. The maximum atomic E-state index is 10.9. The van der Waals surface area contributed by atoms with E-state index in [-0.39, 0.29) is 11.9 Å². The van der Waals surface area contributed by atoms with Crippen LogP contribution >= 0.6 is 0 Å². The molecule has 56 valence electrons. The number of nitriles is 1. The van der Waals surface area contributed by atoms with Crippen LogP contribution in [0.15, 0.2) is 0 Å². The van der Waals surface area contributed by atoms with Gasteiger partial charge in [-0.15, -0.1) is 0 Å². The summed E-state index contributed by atoms with van der Waals surface area (Å²) in [5.74, 6) is 0.00838. The van der Waals surface area contributed by atoms with Crippen molar-refractivity contribution in [1.29, 1.82) is 5.26 Å². The topological polar surface area (TPSA) is 44.1 Å². The average Bonchev–Trinajstić information content (AvgIpc) is 2.00. The molecule has 0 aromatic rings. The first kappa shape index (κ1) is 8.96. The fourth-order valence-corrected chi connectivity index (χ4v) is 0.552. The molecule has 0 aromatic heterocycles. The van der Waals surface area contributed by atoms with Gasteiger partial charge in [0.1, 0.15) is 6.04 Å². The minimum absolute atomic E-state index is 0.00838. The van der Waals surface area contributed by atoms with Gasteiger partial charge in [-0.2, -0.15) is 5.26 Å². The van der Waals surface area contributed by atoms with E-state index in [1.54, 1.807) is 20.9 Å². The maximum absolute atomic E-state index is 10.9. The number of hydrogen-bond acceptors (Lipinski definition) is 2. The zero-order valence-electron chi connectivity index (χ0n) is 6.59. The highest BCUT2D eigenvalue weighted by molar-refractivity contribution is 5.76. The number of rotatable bonds is 2. The molecule has 0 spiro atoms. The lowest BCUT2D eigenvalue weighted by molar-refractivity contribution is -0.130. The Balaban J connectivity index is 3.97. The van der Waals surface area contributed by atoms with Crippen molar-refractivity contribution in [3.8, 4) is 6.07 Å². The summed E-state index contributed by atoms with van der Waals surface area (Å²) in [6.07, 6.45) is 0.461. The van der Waals surface area contributed by atoms with Crippen LogP contribution in [0.3, 0.4) is 0 Å². The van der Waals surface area contributed by atoms with Crippen LogP contribution in [0.2, 0.25) is 0 Å². The first-order valence-electron chi connectivity index (χ1n) is 3.28. The van der Waals surface area contributed by atoms with Crippen molar-refractivity contribution < 1.29 is 4.79 Å². The van der Waals surface area contributed by atoms with Crippen LogP contribution in [0, 0.1) is 11.3 Å². The molecule has 1 atom stereocenters. The molecule has 1 unspecified atom stereocenters. The highest BCUT2D eigenvalue weighted by Gasteiger charge is 2.11. The van der Waals surface area contributed by atoms with Gasteiger partial charge in [-0.1, -0.05) is 6.92 Å². The van der Waals surface area contributed by atoms with Gasteiger partial charge in [0.2, 0.25) is 5.91 Å². The molecule has 0 aliphatic rings. The van der Waals surface area contributed by atoms with Gasteiger partial charge >= 0.3 is 0 Å². The molecule has 0 saturated carbocycles. The molecule has 0 radical (unpaired) electrons. The third-order valence-electron chi connectivity index (χ3n) is 1.46. The van der Waals surface area contributed by atoms with E-state index < -0.39 is 0 Å². The maximum Gasteiger partial charge on any atom is 0.223 e. The summed E-state index contributed by atoms with van der Waals surface area (Å²) >= 11 is 0. The summed E-state index contributed by atoms with van der Waals surface area (Å²) in [5.41, 5.74) is 0. The highest BCUT2D eigenvalue weighted by Crippen LogP contribution is 1.95. The molecule has 3 heteroatoms. The summed E-state index contributed by atoms with van der Waals surface area (Å²) in [4.78, 5) is 12.3. The molecule has 0 rings (SSSR count). The predicted octanol–water partition coefficient (Wildman–Crippen LogP) is 0.767. The standard InChI is InChI=1S/C7H12N2O/c1-4-7(10)9(3)6(2)5-8/h6H,4H2,1-3H3. The molecular weight excluding hydrogens is 128 g/mol. The molecule has 0 fully saturated rings. The Morgan fingerprint density at radius 1 is 1.80 bits per heavy atom. The average molecular weight is 140 g/mol. The second kappa shape index (κ2) is 3.89. The van der Waals surface area contributed by atoms with E-state index >= 15 is 0 Å². The summed E-state index contributed by atoms with van der Waals surface area (Å²) in [6.45, 7) is 3.48. The van der Waals surface area contributed by atoms with Crippen molar-refractivity contribution in [2.24, 2.45) is 0 Å². The van der Waals surface area contributed by atoms with Gasteiger partial charge in [0.25, 0.3) is 0 Å². The Hall–Kier alpha value is -1.04. The number of nitrogens with zero attached hydrogens (tertiary/aromatic N) is 2. The second-order valence-electron chi connectivity index (χ2n) is 2.16. The minimum Gasteiger partial charge on any atom is -0.330 e. The van der Waals surface area contributed by atoms with E-state index in [9.17, 15) is 4.79 Å². The molecule has 10 heavy (non-hydrogen) atoms. The summed E-state index contributed by atoms with van der Waals surface area (Å²) in [6, 6.07) is 1.67. The Labute approximate surface area is 61.2 Å². The van der Waals surface area contributed by atoms with E-state index in [1.807, 2.05) is 6.07 Å². The summed E-state index contributed by atoms with van der Waals surface area (Å²) in [7, 11) is 1.64. The van der Waals surface area contributed by atoms with Crippen molar-refractivity contribution >= 4 is 5.91 Å². The smallest absolute Gasteiger partial charge is 0.223 e. The zero-order valence-corrected chi connectivity index (χ0v) is 6.59. The van der Waals surface area contributed by atoms with Crippen LogP contribution < -0.4 is 0 Å². The lowest BCUT2D eigenvalue weighted by Gasteiger charge is -2.17. The lowest BCUT2D eigenvalue weighted by Crippen LogP contribution is -2.33. The van der Waals surface area contributed by atoms with Crippen molar-refractivity contribution in [1.82, 2.24) is 4.90 Å². The Morgan fingerprint density at radius 2 is 2.30 bits per heavy atom. The van der Waals surface area contributed by atoms with Crippen LogP contribution in [-0.4, -0.2) is 23.9 Å². The van der Waals surface area contributed by atoms with Crippen molar-refractivity contribution in [3.63, 3.8) is 0 Å². The van der Waals surface area contributed by atoms with Gasteiger partial charge in [-0.05, 0) is 6.92 Å². The van der Waals surface area contributed by atoms with E-state index in [2.05, 4.69) is 0 Å². The molecular formula is C7H12N2O. The van der Waals surface area contributed by atoms with Crippen LogP contribution in [0.4, 0.5) is 0 Å². The highest BCUT2D eigenvalue weighted by atomic mass is 16.2. The molecule has 0 aliphatic heterocycles.